The van der Waals surface area contributed by atoms with Gasteiger partial charge in [-0.15, -0.1) is 11.3 Å². The van der Waals surface area contributed by atoms with E-state index in [4.69, 9.17) is 11.5 Å². The summed E-state index contributed by atoms with van der Waals surface area (Å²) in [4.78, 5) is 33.0. The van der Waals surface area contributed by atoms with Gasteiger partial charge in [-0.1, -0.05) is 30.3 Å². The standard InChI is InChI=1S/C21H27N5O2S/c22-15(11-13-5-2-1-3-6-13)20(28)26-10-4-7-17(26)19(27)24-14-8-9-16-18(12-14)29-21(23)25-16/h1-3,5-6,14-15,17H,4,7-12,22H2,(H2,23,25)(H,24,27). The predicted octanol–water partition coefficient (Wildman–Crippen LogP) is 1.26. The van der Waals surface area contributed by atoms with E-state index in [0.717, 1.165) is 41.8 Å². The molecule has 2 heterocycles. The molecule has 0 bridgehead atoms. The van der Waals surface area contributed by atoms with E-state index < -0.39 is 12.1 Å². The maximum Gasteiger partial charge on any atom is 0.243 e. The number of aryl methyl sites for hydroxylation is 1. The SMILES string of the molecule is Nc1nc2c(s1)CC(NC(=O)C1CCCN1C(=O)C(N)Cc1ccccc1)CC2. The van der Waals surface area contributed by atoms with E-state index in [2.05, 4.69) is 10.3 Å². The van der Waals surface area contributed by atoms with Crippen LogP contribution in [0.1, 0.15) is 35.4 Å². The molecule has 7 nitrogen and oxygen atoms in total. The molecule has 1 aliphatic heterocycles. The van der Waals surface area contributed by atoms with Crippen LogP contribution in [0.4, 0.5) is 5.13 Å². The smallest absolute Gasteiger partial charge is 0.243 e. The zero-order valence-electron chi connectivity index (χ0n) is 16.3. The number of aromatic nitrogens is 1. The summed E-state index contributed by atoms with van der Waals surface area (Å²) >= 11 is 1.50. The number of hydrogen-bond donors (Lipinski definition) is 3. The Morgan fingerprint density at radius 1 is 1.28 bits per heavy atom. The van der Waals surface area contributed by atoms with Crippen LogP contribution in [0.3, 0.4) is 0 Å². The minimum absolute atomic E-state index is 0.0606. The second kappa shape index (κ2) is 8.51. The van der Waals surface area contributed by atoms with Crippen LogP contribution < -0.4 is 16.8 Å². The number of likely N-dealkylation sites (tertiary alicyclic amines) is 1. The second-order valence-electron chi connectivity index (χ2n) is 7.86. The van der Waals surface area contributed by atoms with Gasteiger partial charge in [0, 0.05) is 23.9 Å². The van der Waals surface area contributed by atoms with Gasteiger partial charge in [-0.2, -0.15) is 0 Å². The Bertz CT molecular complexity index is 884. The number of benzene rings is 1. The third kappa shape index (κ3) is 4.43. The average molecular weight is 414 g/mol. The quantitative estimate of drug-likeness (QED) is 0.683. The van der Waals surface area contributed by atoms with Gasteiger partial charge < -0.3 is 21.7 Å². The van der Waals surface area contributed by atoms with Gasteiger partial charge in [0.15, 0.2) is 5.13 Å². The molecule has 1 saturated heterocycles. The van der Waals surface area contributed by atoms with Crippen molar-refractivity contribution in [3.8, 4) is 0 Å². The molecule has 5 N–H and O–H groups in total. The minimum atomic E-state index is -0.636. The van der Waals surface area contributed by atoms with Crippen LogP contribution in [0.5, 0.6) is 0 Å². The van der Waals surface area contributed by atoms with Crippen molar-refractivity contribution in [2.45, 2.75) is 56.7 Å². The van der Waals surface area contributed by atoms with Crippen LogP contribution in [0.2, 0.25) is 0 Å². The third-order valence-electron chi connectivity index (χ3n) is 5.76. The number of fused-ring (bicyclic) bond motifs is 1. The van der Waals surface area contributed by atoms with Crippen LogP contribution in [-0.2, 0) is 28.9 Å². The molecule has 0 radical (unpaired) electrons. The van der Waals surface area contributed by atoms with Crippen LogP contribution in [-0.4, -0.2) is 46.4 Å². The molecule has 1 aromatic heterocycles. The topological polar surface area (TPSA) is 114 Å². The van der Waals surface area contributed by atoms with Gasteiger partial charge in [-0.3, -0.25) is 9.59 Å². The Balaban J connectivity index is 1.36. The molecule has 1 fully saturated rings. The number of hydrogen-bond acceptors (Lipinski definition) is 6. The molecule has 0 saturated carbocycles. The van der Waals surface area contributed by atoms with Crippen molar-refractivity contribution in [1.29, 1.82) is 0 Å². The van der Waals surface area contributed by atoms with Gasteiger partial charge in [0.1, 0.15) is 6.04 Å². The van der Waals surface area contributed by atoms with Crippen LogP contribution in [0.25, 0.3) is 0 Å². The first-order valence-corrected chi connectivity index (χ1v) is 11.0. The van der Waals surface area contributed by atoms with Crippen molar-refractivity contribution in [1.82, 2.24) is 15.2 Å². The van der Waals surface area contributed by atoms with Crippen molar-refractivity contribution >= 4 is 28.3 Å². The van der Waals surface area contributed by atoms with Crippen molar-refractivity contribution in [3.05, 3.63) is 46.5 Å². The number of rotatable bonds is 5. The van der Waals surface area contributed by atoms with E-state index in [1.807, 2.05) is 30.3 Å². The Morgan fingerprint density at radius 3 is 2.86 bits per heavy atom. The van der Waals surface area contributed by atoms with Crippen LogP contribution in [0.15, 0.2) is 30.3 Å². The summed E-state index contributed by atoms with van der Waals surface area (Å²) in [6, 6.07) is 8.73. The fourth-order valence-corrected chi connectivity index (χ4v) is 5.25. The highest BCUT2D eigenvalue weighted by Gasteiger charge is 2.37. The highest BCUT2D eigenvalue weighted by atomic mass is 32.1. The number of nitrogens with two attached hydrogens (primary N) is 2. The van der Waals surface area contributed by atoms with Crippen molar-refractivity contribution in [2.24, 2.45) is 5.73 Å². The third-order valence-corrected chi connectivity index (χ3v) is 6.71. The summed E-state index contributed by atoms with van der Waals surface area (Å²) in [5, 5.41) is 3.73. The van der Waals surface area contributed by atoms with E-state index in [1.54, 1.807) is 4.90 Å². The molecule has 1 aromatic carbocycles. The molecule has 4 rings (SSSR count). The van der Waals surface area contributed by atoms with Gasteiger partial charge in [-0.05, 0) is 37.7 Å². The second-order valence-corrected chi connectivity index (χ2v) is 8.97. The molecule has 8 heteroatoms. The van der Waals surface area contributed by atoms with E-state index >= 15 is 0 Å². The van der Waals surface area contributed by atoms with Crippen molar-refractivity contribution in [3.63, 3.8) is 0 Å². The summed E-state index contributed by atoms with van der Waals surface area (Å²) in [5.74, 6) is -0.221. The number of nitrogens with zero attached hydrogens (tertiary/aromatic N) is 2. The first-order valence-electron chi connectivity index (χ1n) is 10.2. The fraction of sp³-hybridized carbons (Fsp3) is 0.476. The molecule has 2 amide bonds. The molecular formula is C21H27N5O2S. The molecule has 154 valence electrons. The number of nitrogen functional groups attached to an aromatic ring is 1. The Morgan fingerprint density at radius 2 is 2.07 bits per heavy atom. The zero-order chi connectivity index (χ0) is 20.4. The first-order chi connectivity index (χ1) is 14.0. The van der Waals surface area contributed by atoms with Gasteiger partial charge in [-0.25, -0.2) is 4.98 Å². The van der Waals surface area contributed by atoms with Gasteiger partial charge >= 0.3 is 0 Å². The number of thiazole rings is 1. The normalized spacial score (nSPS) is 22.2. The molecule has 1 aliphatic carbocycles. The summed E-state index contributed by atoms with van der Waals surface area (Å²) in [5.41, 5.74) is 14.1. The Kier molecular flexibility index (Phi) is 5.82. The van der Waals surface area contributed by atoms with E-state index in [9.17, 15) is 9.59 Å². The van der Waals surface area contributed by atoms with Gasteiger partial charge in [0.25, 0.3) is 0 Å². The molecule has 2 aliphatic rings. The maximum atomic E-state index is 12.9. The molecular weight excluding hydrogens is 386 g/mol. The number of nitrogens with one attached hydrogen (secondary N) is 1. The zero-order valence-corrected chi connectivity index (χ0v) is 17.2. The lowest BCUT2D eigenvalue weighted by atomic mass is 9.97. The number of anilines is 1. The Hall–Kier alpha value is -2.45. The van der Waals surface area contributed by atoms with Crippen molar-refractivity contribution in [2.75, 3.05) is 12.3 Å². The highest BCUT2D eigenvalue weighted by molar-refractivity contribution is 7.15. The lowest BCUT2D eigenvalue weighted by Gasteiger charge is -2.29. The molecule has 0 spiro atoms. The summed E-state index contributed by atoms with van der Waals surface area (Å²) in [7, 11) is 0. The molecule has 3 unspecified atom stereocenters. The highest BCUT2D eigenvalue weighted by Crippen LogP contribution is 2.28. The number of carbonyl (C=O) groups is 2. The van der Waals surface area contributed by atoms with E-state index in [1.165, 1.54) is 11.3 Å². The van der Waals surface area contributed by atoms with Gasteiger partial charge in [0.2, 0.25) is 11.8 Å². The van der Waals surface area contributed by atoms with Gasteiger partial charge in [0.05, 0.1) is 11.7 Å². The fourth-order valence-electron chi connectivity index (χ4n) is 4.29. The summed E-state index contributed by atoms with van der Waals surface area (Å²) in [6.07, 6.45) is 4.40. The summed E-state index contributed by atoms with van der Waals surface area (Å²) < 4.78 is 0. The van der Waals surface area contributed by atoms with Crippen LogP contribution in [0, 0.1) is 0 Å². The summed E-state index contributed by atoms with van der Waals surface area (Å²) in [6.45, 7) is 0.583. The largest absolute Gasteiger partial charge is 0.375 e. The average Bonchev–Trinajstić information content (AvgIpc) is 3.33. The lowest BCUT2D eigenvalue weighted by Crippen LogP contribution is -2.53. The van der Waals surface area contributed by atoms with E-state index in [0.29, 0.717) is 24.5 Å². The van der Waals surface area contributed by atoms with E-state index in [-0.39, 0.29) is 17.9 Å². The Labute approximate surface area is 174 Å². The minimum Gasteiger partial charge on any atom is -0.375 e. The molecule has 29 heavy (non-hydrogen) atoms. The number of carbonyl (C=O) groups excluding carboxylic acids is 2. The van der Waals surface area contributed by atoms with Crippen molar-refractivity contribution < 1.29 is 9.59 Å². The maximum absolute atomic E-state index is 12.9. The first kappa shape index (κ1) is 19.8. The predicted molar refractivity (Wildman–Crippen MR) is 113 cm³/mol. The van der Waals surface area contributed by atoms with Crippen LogP contribution >= 0.6 is 11.3 Å². The molecule has 2 aromatic rings. The molecule has 3 atom stereocenters. The monoisotopic (exact) mass is 413 g/mol. The lowest BCUT2D eigenvalue weighted by molar-refractivity contribution is -0.139. The number of amides is 2.